The minimum absolute atomic E-state index is 0.291. The van der Waals surface area contributed by atoms with Gasteiger partial charge in [-0.05, 0) is 68.7 Å². The summed E-state index contributed by atoms with van der Waals surface area (Å²) in [6.07, 6.45) is 0. The Kier molecular flexibility index (Phi) is 3.24. The summed E-state index contributed by atoms with van der Waals surface area (Å²) in [5, 5.41) is 6.84. The summed E-state index contributed by atoms with van der Waals surface area (Å²) < 4.78 is 13.1. The highest BCUT2D eigenvalue weighted by Crippen LogP contribution is 2.40. The molecule has 106 valence electrons. The van der Waals surface area contributed by atoms with Crippen LogP contribution < -0.4 is 14.8 Å². The number of halogens is 1. The van der Waals surface area contributed by atoms with E-state index in [0.29, 0.717) is 6.79 Å². The fourth-order valence-corrected chi connectivity index (χ4v) is 3.78. The monoisotopic (exact) mass is 361 g/mol. The zero-order valence-electron chi connectivity index (χ0n) is 11.1. The topological polar surface area (TPSA) is 30.5 Å². The Hall–Kier alpha value is -1.72. The van der Waals surface area contributed by atoms with Gasteiger partial charge in [0.25, 0.3) is 0 Å². The van der Waals surface area contributed by atoms with Crippen molar-refractivity contribution in [2.24, 2.45) is 0 Å². The van der Waals surface area contributed by atoms with Crippen LogP contribution in [0.1, 0.15) is 5.56 Å². The van der Waals surface area contributed by atoms with Crippen molar-refractivity contribution in [2.75, 3.05) is 12.1 Å². The highest BCUT2D eigenvalue weighted by Gasteiger charge is 2.17. The van der Waals surface area contributed by atoms with Gasteiger partial charge in [0, 0.05) is 16.9 Å². The van der Waals surface area contributed by atoms with E-state index in [1.54, 1.807) is 11.3 Å². The van der Waals surface area contributed by atoms with Gasteiger partial charge < -0.3 is 14.8 Å². The number of nitrogens with one attached hydrogen (secondary N) is 1. The van der Waals surface area contributed by atoms with E-state index >= 15 is 0 Å². The molecule has 0 amide bonds. The van der Waals surface area contributed by atoms with Crippen LogP contribution in [0.15, 0.2) is 46.3 Å². The molecule has 2 heterocycles. The highest BCUT2D eigenvalue weighted by molar-refractivity contribution is 9.10. The quantitative estimate of drug-likeness (QED) is 0.711. The van der Waals surface area contributed by atoms with Crippen LogP contribution in [0.2, 0.25) is 0 Å². The maximum absolute atomic E-state index is 5.44. The van der Waals surface area contributed by atoms with Crippen LogP contribution in [0.3, 0.4) is 0 Å². The molecule has 3 nitrogen and oxygen atoms in total. The number of anilines is 1. The van der Waals surface area contributed by atoms with Gasteiger partial charge in [-0.2, -0.15) is 0 Å². The maximum Gasteiger partial charge on any atom is 0.231 e. The molecule has 1 aliphatic heterocycles. The Morgan fingerprint density at radius 2 is 2.10 bits per heavy atom. The molecule has 0 bridgehead atoms. The van der Waals surface area contributed by atoms with E-state index in [9.17, 15) is 0 Å². The normalized spacial score (nSPS) is 12.8. The first-order chi connectivity index (χ1) is 10.3. The first-order valence-corrected chi connectivity index (χ1v) is 8.26. The van der Waals surface area contributed by atoms with Gasteiger partial charge in [0.2, 0.25) is 6.79 Å². The van der Waals surface area contributed by atoms with Crippen LogP contribution in [0.5, 0.6) is 11.5 Å². The number of rotatable bonds is 3. The smallest absolute Gasteiger partial charge is 0.231 e. The molecule has 0 fully saturated rings. The molecule has 0 saturated carbocycles. The van der Waals surface area contributed by atoms with Gasteiger partial charge in [-0.25, -0.2) is 0 Å². The van der Waals surface area contributed by atoms with Crippen LogP contribution in [-0.2, 0) is 6.54 Å². The van der Waals surface area contributed by atoms with Crippen LogP contribution >= 0.6 is 27.3 Å². The van der Waals surface area contributed by atoms with Gasteiger partial charge in [-0.3, -0.25) is 0 Å². The van der Waals surface area contributed by atoms with E-state index in [-0.39, 0.29) is 0 Å². The van der Waals surface area contributed by atoms with Gasteiger partial charge in [0.1, 0.15) is 0 Å². The average Bonchev–Trinajstić information content (AvgIpc) is 3.13. The molecule has 0 atom stereocenters. The second-order valence-electron chi connectivity index (χ2n) is 4.84. The van der Waals surface area contributed by atoms with E-state index in [0.717, 1.165) is 33.8 Å². The van der Waals surface area contributed by atoms with Crippen LogP contribution in [0.25, 0.3) is 10.1 Å². The standard InChI is InChI=1S/C16H12BrNO2S/c17-13-5-10(6-14-16(13)20-9-19-14)8-18-12-1-2-15-11(7-12)3-4-21-15/h1-7,18H,8-9H2. The Bertz CT molecular complexity index is 815. The van der Waals surface area contributed by atoms with Crippen molar-refractivity contribution in [1.29, 1.82) is 0 Å². The fraction of sp³-hybridized carbons (Fsp3) is 0.125. The number of hydrogen-bond acceptors (Lipinski definition) is 4. The molecule has 21 heavy (non-hydrogen) atoms. The lowest BCUT2D eigenvalue weighted by Gasteiger charge is -2.08. The predicted octanol–water partition coefficient (Wildman–Crippen LogP) is 5.00. The zero-order valence-corrected chi connectivity index (χ0v) is 13.5. The summed E-state index contributed by atoms with van der Waals surface area (Å²) in [5.74, 6) is 1.59. The van der Waals surface area contributed by atoms with E-state index in [4.69, 9.17) is 9.47 Å². The van der Waals surface area contributed by atoms with Gasteiger partial charge in [-0.1, -0.05) is 0 Å². The minimum atomic E-state index is 0.291. The van der Waals surface area contributed by atoms with Crippen molar-refractivity contribution < 1.29 is 9.47 Å². The third kappa shape index (κ3) is 2.47. The SMILES string of the molecule is Brc1cc(CNc2ccc3sccc3c2)cc2c1OCO2. The van der Waals surface area contributed by atoms with Crippen LogP contribution in [0, 0.1) is 0 Å². The molecule has 5 heteroatoms. The van der Waals surface area contributed by atoms with Gasteiger partial charge in [0.05, 0.1) is 4.47 Å². The molecule has 0 aliphatic carbocycles. The number of ether oxygens (including phenoxy) is 2. The molecule has 0 spiro atoms. The lowest BCUT2D eigenvalue weighted by atomic mass is 10.2. The summed E-state index contributed by atoms with van der Waals surface area (Å²) >= 11 is 5.28. The predicted molar refractivity (Wildman–Crippen MR) is 89.4 cm³/mol. The lowest BCUT2D eigenvalue weighted by molar-refractivity contribution is 0.173. The Morgan fingerprint density at radius 1 is 1.14 bits per heavy atom. The third-order valence-electron chi connectivity index (χ3n) is 3.44. The second-order valence-corrected chi connectivity index (χ2v) is 6.64. The van der Waals surface area contributed by atoms with Crippen molar-refractivity contribution in [2.45, 2.75) is 6.54 Å². The molecule has 1 aliphatic rings. The summed E-state index contributed by atoms with van der Waals surface area (Å²) in [6.45, 7) is 1.03. The zero-order chi connectivity index (χ0) is 14.2. The molecule has 1 N–H and O–H groups in total. The molecule has 3 aromatic rings. The Morgan fingerprint density at radius 3 is 3.05 bits per heavy atom. The van der Waals surface area contributed by atoms with Crippen LogP contribution in [-0.4, -0.2) is 6.79 Å². The van der Waals surface area contributed by atoms with Crippen molar-refractivity contribution in [3.05, 3.63) is 51.8 Å². The number of thiophene rings is 1. The van der Waals surface area contributed by atoms with Gasteiger partial charge in [-0.15, -0.1) is 11.3 Å². The van der Waals surface area contributed by atoms with Crippen molar-refractivity contribution in [1.82, 2.24) is 0 Å². The van der Waals surface area contributed by atoms with Crippen molar-refractivity contribution in [3.63, 3.8) is 0 Å². The fourth-order valence-electron chi connectivity index (χ4n) is 2.40. The minimum Gasteiger partial charge on any atom is -0.454 e. The lowest BCUT2D eigenvalue weighted by Crippen LogP contribution is -1.99. The van der Waals surface area contributed by atoms with Crippen molar-refractivity contribution in [3.8, 4) is 11.5 Å². The number of benzene rings is 2. The third-order valence-corrected chi connectivity index (χ3v) is 4.92. The molecule has 0 radical (unpaired) electrons. The average molecular weight is 362 g/mol. The van der Waals surface area contributed by atoms with E-state index in [2.05, 4.69) is 57.0 Å². The first-order valence-electron chi connectivity index (χ1n) is 6.59. The summed E-state index contributed by atoms with van der Waals surface area (Å²) in [7, 11) is 0. The largest absolute Gasteiger partial charge is 0.454 e. The van der Waals surface area contributed by atoms with E-state index in [1.165, 1.54) is 10.1 Å². The molecule has 4 rings (SSSR count). The first kappa shape index (κ1) is 13.0. The summed E-state index contributed by atoms with van der Waals surface area (Å²) in [4.78, 5) is 0. The summed E-state index contributed by atoms with van der Waals surface area (Å²) in [6, 6.07) is 12.7. The molecular formula is C16H12BrNO2S. The Balaban J connectivity index is 1.55. The van der Waals surface area contributed by atoms with Crippen LogP contribution in [0.4, 0.5) is 5.69 Å². The number of hydrogen-bond donors (Lipinski definition) is 1. The van der Waals surface area contributed by atoms with Gasteiger partial charge in [0.15, 0.2) is 11.5 Å². The molecular weight excluding hydrogens is 350 g/mol. The highest BCUT2D eigenvalue weighted by atomic mass is 79.9. The summed E-state index contributed by atoms with van der Waals surface area (Å²) in [5.41, 5.74) is 2.27. The second kappa shape index (κ2) is 5.24. The molecule has 1 aromatic heterocycles. The Labute approximate surface area is 134 Å². The van der Waals surface area contributed by atoms with Crippen molar-refractivity contribution >= 4 is 43.0 Å². The maximum atomic E-state index is 5.44. The number of fused-ring (bicyclic) bond motifs is 2. The molecule has 2 aromatic carbocycles. The van der Waals surface area contributed by atoms with Gasteiger partial charge >= 0.3 is 0 Å². The molecule has 0 saturated heterocycles. The molecule has 0 unspecified atom stereocenters. The van der Waals surface area contributed by atoms with E-state index in [1.807, 2.05) is 6.07 Å². The van der Waals surface area contributed by atoms with E-state index < -0.39 is 0 Å².